The highest BCUT2D eigenvalue weighted by molar-refractivity contribution is 6.31. The minimum Gasteiger partial charge on any atom is -0.356 e. The van der Waals surface area contributed by atoms with E-state index in [-0.39, 0.29) is 34.7 Å². The number of rotatable bonds is 5. The molecule has 24 heavy (non-hydrogen) atoms. The Balaban J connectivity index is 1.55. The summed E-state index contributed by atoms with van der Waals surface area (Å²) in [6, 6.07) is 11.8. The van der Waals surface area contributed by atoms with Gasteiger partial charge in [0.1, 0.15) is 5.82 Å². The van der Waals surface area contributed by atoms with E-state index in [9.17, 15) is 14.0 Å². The Labute approximate surface area is 144 Å². The van der Waals surface area contributed by atoms with Gasteiger partial charge in [0, 0.05) is 22.8 Å². The average Bonchev–Trinajstić information content (AvgIpc) is 2.87. The van der Waals surface area contributed by atoms with Gasteiger partial charge in [-0.2, -0.15) is 0 Å². The lowest BCUT2D eigenvalue weighted by Gasteiger charge is -2.11. The summed E-state index contributed by atoms with van der Waals surface area (Å²) in [6.07, 6.45) is 0.360. The molecule has 0 spiro atoms. The number of anilines is 1. The molecule has 4 nitrogen and oxygen atoms in total. The van der Waals surface area contributed by atoms with Crippen LogP contribution in [0.3, 0.4) is 0 Å². The Morgan fingerprint density at radius 2 is 2.00 bits per heavy atom. The number of para-hydroxylation sites is 1. The van der Waals surface area contributed by atoms with Crippen molar-refractivity contribution in [3.8, 4) is 0 Å². The van der Waals surface area contributed by atoms with Crippen LogP contribution >= 0.6 is 11.6 Å². The highest BCUT2D eigenvalue weighted by Gasteiger charge is 2.29. The third kappa shape index (κ3) is 3.41. The summed E-state index contributed by atoms with van der Waals surface area (Å²) in [5.41, 5.74) is 1.94. The SMILES string of the molecule is O=C(Cc1c(F)cccc1Cl)NCC[C@H]1C(=O)Nc2ccccc21. The van der Waals surface area contributed by atoms with Crippen molar-refractivity contribution >= 4 is 29.1 Å². The highest BCUT2D eigenvalue weighted by atomic mass is 35.5. The van der Waals surface area contributed by atoms with Crippen molar-refractivity contribution in [3.05, 3.63) is 64.4 Å². The van der Waals surface area contributed by atoms with Crippen LogP contribution in [-0.4, -0.2) is 18.4 Å². The molecule has 0 bridgehead atoms. The van der Waals surface area contributed by atoms with E-state index in [1.807, 2.05) is 24.3 Å². The molecule has 0 fully saturated rings. The smallest absolute Gasteiger partial charge is 0.232 e. The number of carbonyl (C=O) groups excluding carboxylic acids is 2. The molecule has 0 aliphatic carbocycles. The van der Waals surface area contributed by atoms with E-state index >= 15 is 0 Å². The molecule has 2 amide bonds. The molecule has 6 heteroatoms. The molecule has 0 saturated heterocycles. The van der Waals surface area contributed by atoms with Crippen LogP contribution in [0.5, 0.6) is 0 Å². The molecule has 124 valence electrons. The standard InChI is InChI=1S/C18H16ClFN2O2/c19-14-5-3-6-15(20)13(14)10-17(23)21-9-8-12-11-4-1-2-7-16(11)22-18(12)24/h1-7,12H,8-10H2,(H,21,23)(H,22,24)/t12-/m1/s1. The lowest BCUT2D eigenvalue weighted by molar-refractivity contribution is -0.121. The number of nitrogens with one attached hydrogen (secondary N) is 2. The van der Waals surface area contributed by atoms with Crippen molar-refractivity contribution in [3.63, 3.8) is 0 Å². The first-order chi connectivity index (χ1) is 11.6. The summed E-state index contributed by atoms with van der Waals surface area (Å²) >= 11 is 5.91. The first kappa shape index (κ1) is 16.5. The van der Waals surface area contributed by atoms with Crippen LogP contribution in [0.2, 0.25) is 5.02 Å². The molecule has 0 radical (unpaired) electrons. The summed E-state index contributed by atoms with van der Waals surface area (Å²) in [7, 11) is 0. The summed E-state index contributed by atoms with van der Waals surface area (Å²) in [5, 5.41) is 5.77. The second-order valence-electron chi connectivity index (χ2n) is 5.64. The summed E-state index contributed by atoms with van der Waals surface area (Å²) in [6.45, 7) is 0.331. The second kappa shape index (κ2) is 7.01. The highest BCUT2D eigenvalue weighted by Crippen LogP contribution is 2.33. The van der Waals surface area contributed by atoms with Crippen molar-refractivity contribution < 1.29 is 14.0 Å². The number of benzene rings is 2. The van der Waals surface area contributed by atoms with Crippen molar-refractivity contribution in [1.29, 1.82) is 0 Å². The van der Waals surface area contributed by atoms with Gasteiger partial charge in [-0.05, 0) is 30.2 Å². The zero-order valence-electron chi connectivity index (χ0n) is 12.8. The number of hydrogen-bond donors (Lipinski definition) is 2. The number of hydrogen-bond acceptors (Lipinski definition) is 2. The van der Waals surface area contributed by atoms with Crippen LogP contribution in [-0.2, 0) is 16.0 Å². The van der Waals surface area contributed by atoms with Gasteiger partial charge in [0.2, 0.25) is 11.8 Å². The summed E-state index contributed by atoms with van der Waals surface area (Å²) in [5.74, 6) is -1.17. The molecule has 0 aromatic heterocycles. The van der Waals surface area contributed by atoms with E-state index in [4.69, 9.17) is 11.6 Å². The molecule has 1 aliphatic rings. The average molecular weight is 347 g/mol. The molecule has 1 atom stereocenters. The summed E-state index contributed by atoms with van der Waals surface area (Å²) < 4.78 is 13.7. The monoisotopic (exact) mass is 346 g/mol. The van der Waals surface area contributed by atoms with Gasteiger partial charge in [-0.25, -0.2) is 4.39 Å². The van der Waals surface area contributed by atoms with Gasteiger partial charge in [0.25, 0.3) is 0 Å². The Kier molecular flexibility index (Phi) is 4.81. The minimum atomic E-state index is -0.498. The van der Waals surface area contributed by atoms with Gasteiger partial charge < -0.3 is 10.6 Å². The quantitative estimate of drug-likeness (QED) is 0.873. The Bertz CT molecular complexity index is 774. The number of amides is 2. The first-order valence-electron chi connectivity index (χ1n) is 7.65. The van der Waals surface area contributed by atoms with Gasteiger partial charge in [-0.15, -0.1) is 0 Å². The molecule has 0 unspecified atom stereocenters. The topological polar surface area (TPSA) is 58.2 Å². The Hall–Kier alpha value is -2.40. The maximum atomic E-state index is 13.7. The van der Waals surface area contributed by atoms with Crippen LogP contribution in [0, 0.1) is 5.82 Å². The molecule has 2 N–H and O–H groups in total. The summed E-state index contributed by atoms with van der Waals surface area (Å²) in [4.78, 5) is 24.0. The second-order valence-corrected chi connectivity index (χ2v) is 6.05. The van der Waals surface area contributed by atoms with Crippen LogP contribution in [0.4, 0.5) is 10.1 Å². The normalized spacial score (nSPS) is 15.8. The fourth-order valence-electron chi connectivity index (χ4n) is 2.84. The van der Waals surface area contributed by atoms with Crippen molar-refractivity contribution in [2.45, 2.75) is 18.8 Å². The van der Waals surface area contributed by atoms with Crippen LogP contribution in [0.15, 0.2) is 42.5 Å². The van der Waals surface area contributed by atoms with E-state index in [2.05, 4.69) is 10.6 Å². The molecule has 1 aliphatic heterocycles. The Morgan fingerprint density at radius 1 is 1.21 bits per heavy atom. The Morgan fingerprint density at radius 3 is 2.79 bits per heavy atom. The maximum Gasteiger partial charge on any atom is 0.232 e. The van der Waals surface area contributed by atoms with Crippen molar-refractivity contribution in [1.82, 2.24) is 5.32 Å². The molecule has 3 rings (SSSR count). The van der Waals surface area contributed by atoms with Gasteiger partial charge >= 0.3 is 0 Å². The zero-order chi connectivity index (χ0) is 17.1. The van der Waals surface area contributed by atoms with E-state index < -0.39 is 5.82 Å². The third-order valence-corrected chi connectivity index (χ3v) is 4.42. The molecule has 1 heterocycles. The fourth-order valence-corrected chi connectivity index (χ4v) is 3.07. The van der Waals surface area contributed by atoms with E-state index in [1.165, 1.54) is 12.1 Å². The fraction of sp³-hybridized carbons (Fsp3) is 0.222. The largest absolute Gasteiger partial charge is 0.356 e. The molecular formula is C18H16ClFN2O2. The lowest BCUT2D eigenvalue weighted by atomic mass is 9.97. The van der Waals surface area contributed by atoms with Crippen molar-refractivity contribution in [2.24, 2.45) is 0 Å². The maximum absolute atomic E-state index is 13.7. The van der Waals surface area contributed by atoms with E-state index in [0.717, 1.165) is 11.3 Å². The van der Waals surface area contributed by atoms with Crippen molar-refractivity contribution in [2.75, 3.05) is 11.9 Å². The van der Waals surface area contributed by atoms with Crippen LogP contribution < -0.4 is 10.6 Å². The van der Waals surface area contributed by atoms with Gasteiger partial charge in [-0.1, -0.05) is 35.9 Å². The van der Waals surface area contributed by atoms with Crippen LogP contribution in [0.25, 0.3) is 0 Å². The van der Waals surface area contributed by atoms with E-state index in [0.29, 0.717) is 13.0 Å². The number of halogens is 2. The van der Waals surface area contributed by atoms with Gasteiger partial charge in [-0.3, -0.25) is 9.59 Å². The zero-order valence-corrected chi connectivity index (χ0v) is 13.6. The predicted octanol–water partition coefficient (Wildman–Crippen LogP) is 3.26. The lowest BCUT2D eigenvalue weighted by Crippen LogP contribution is -2.28. The number of carbonyl (C=O) groups is 2. The van der Waals surface area contributed by atoms with Gasteiger partial charge in [0.05, 0.1) is 12.3 Å². The molecule has 2 aromatic rings. The minimum absolute atomic E-state index is 0.0670. The number of fused-ring (bicyclic) bond motifs is 1. The third-order valence-electron chi connectivity index (χ3n) is 4.06. The molecule has 2 aromatic carbocycles. The van der Waals surface area contributed by atoms with Crippen LogP contribution in [0.1, 0.15) is 23.5 Å². The molecular weight excluding hydrogens is 331 g/mol. The molecule has 0 saturated carbocycles. The van der Waals surface area contributed by atoms with E-state index in [1.54, 1.807) is 6.07 Å². The predicted molar refractivity (Wildman–Crippen MR) is 90.6 cm³/mol. The van der Waals surface area contributed by atoms with Gasteiger partial charge in [0.15, 0.2) is 0 Å². The first-order valence-corrected chi connectivity index (χ1v) is 8.03.